The van der Waals surface area contributed by atoms with E-state index in [1.54, 1.807) is 25.1 Å². The third-order valence-electron chi connectivity index (χ3n) is 2.73. The number of benzene rings is 1. The SMILES string of the molecule is CC(C(=O)O)c1ccc(OC2COC2)c(Cl)c1. The largest absolute Gasteiger partial charge is 0.484 e. The van der Waals surface area contributed by atoms with Crippen LogP contribution in [-0.4, -0.2) is 30.4 Å². The van der Waals surface area contributed by atoms with E-state index in [-0.39, 0.29) is 6.10 Å². The molecule has 0 amide bonds. The van der Waals surface area contributed by atoms with Crippen molar-refractivity contribution in [1.29, 1.82) is 0 Å². The second kappa shape index (κ2) is 4.94. The highest BCUT2D eigenvalue weighted by Gasteiger charge is 2.22. The van der Waals surface area contributed by atoms with E-state index in [2.05, 4.69) is 0 Å². The van der Waals surface area contributed by atoms with Crippen molar-refractivity contribution in [3.05, 3.63) is 28.8 Å². The Bertz CT molecular complexity index is 429. The van der Waals surface area contributed by atoms with Crippen LogP contribution in [0, 0.1) is 0 Å². The Hall–Kier alpha value is -1.26. The molecule has 1 N–H and O–H groups in total. The second-order valence-corrected chi connectivity index (χ2v) is 4.43. The Kier molecular flexibility index (Phi) is 3.54. The molecular formula is C12H13ClO4. The van der Waals surface area contributed by atoms with E-state index in [0.717, 1.165) is 0 Å². The van der Waals surface area contributed by atoms with Crippen molar-refractivity contribution in [2.45, 2.75) is 18.9 Å². The molecule has 1 aromatic carbocycles. The van der Waals surface area contributed by atoms with E-state index in [9.17, 15) is 4.79 Å². The molecule has 0 spiro atoms. The molecule has 1 saturated heterocycles. The van der Waals surface area contributed by atoms with E-state index >= 15 is 0 Å². The summed E-state index contributed by atoms with van der Waals surface area (Å²) in [6.07, 6.45) is 0.0512. The molecule has 5 heteroatoms. The van der Waals surface area contributed by atoms with Gasteiger partial charge in [-0.1, -0.05) is 17.7 Å². The zero-order valence-electron chi connectivity index (χ0n) is 9.35. The van der Waals surface area contributed by atoms with Crippen molar-refractivity contribution in [2.24, 2.45) is 0 Å². The number of rotatable bonds is 4. The first kappa shape index (κ1) is 12.2. The zero-order valence-corrected chi connectivity index (χ0v) is 10.1. The van der Waals surface area contributed by atoms with Gasteiger partial charge in [-0.15, -0.1) is 0 Å². The summed E-state index contributed by atoms with van der Waals surface area (Å²) in [5, 5.41) is 9.33. The third kappa shape index (κ3) is 2.70. The minimum Gasteiger partial charge on any atom is -0.484 e. The predicted molar refractivity (Wildman–Crippen MR) is 62.7 cm³/mol. The fraction of sp³-hybridized carbons (Fsp3) is 0.417. The minimum atomic E-state index is -0.873. The van der Waals surface area contributed by atoms with Crippen LogP contribution in [-0.2, 0) is 9.53 Å². The van der Waals surface area contributed by atoms with Gasteiger partial charge in [-0.3, -0.25) is 4.79 Å². The van der Waals surface area contributed by atoms with E-state index in [1.165, 1.54) is 0 Å². The smallest absolute Gasteiger partial charge is 0.310 e. The zero-order chi connectivity index (χ0) is 12.4. The fourth-order valence-electron chi connectivity index (χ4n) is 1.49. The van der Waals surface area contributed by atoms with Gasteiger partial charge in [0.1, 0.15) is 11.9 Å². The molecule has 0 aliphatic carbocycles. The van der Waals surface area contributed by atoms with Crippen LogP contribution in [0.2, 0.25) is 5.02 Å². The summed E-state index contributed by atoms with van der Waals surface area (Å²) >= 11 is 6.04. The molecule has 1 heterocycles. The first-order valence-electron chi connectivity index (χ1n) is 5.34. The first-order chi connectivity index (χ1) is 8.08. The maximum atomic E-state index is 10.8. The molecule has 0 bridgehead atoms. The number of hydrogen-bond donors (Lipinski definition) is 1. The van der Waals surface area contributed by atoms with Crippen molar-refractivity contribution >= 4 is 17.6 Å². The summed E-state index contributed by atoms with van der Waals surface area (Å²) in [7, 11) is 0. The van der Waals surface area contributed by atoms with E-state index in [1.807, 2.05) is 0 Å². The van der Waals surface area contributed by atoms with Gasteiger partial charge >= 0.3 is 5.97 Å². The molecule has 17 heavy (non-hydrogen) atoms. The van der Waals surface area contributed by atoms with Gasteiger partial charge in [-0.25, -0.2) is 0 Å². The van der Waals surface area contributed by atoms with Crippen molar-refractivity contribution in [3.63, 3.8) is 0 Å². The monoisotopic (exact) mass is 256 g/mol. The summed E-state index contributed by atoms with van der Waals surface area (Å²) in [6, 6.07) is 5.06. The molecule has 4 nitrogen and oxygen atoms in total. The van der Waals surface area contributed by atoms with Crippen LogP contribution in [0.5, 0.6) is 5.75 Å². The molecule has 92 valence electrons. The third-order valence-corrected chi connectivity index (χ3v) is 3.02. The van der Waals surface area contributed by atoms with Crippen LogP contribution < -0.4 is 4.74 Å². The van der Waals surface area contributed by atoms with Gasteiger partial charge in [0.2, 0.25) is 0 Å². The Labute approximate surface area is 104 Å². The van der Waals surface area contributed by atoms with Gasteiger partial charge in [0, 0.05) is 0 Å². The normalized spacial score (nSPS) is 17.3. The number of carboxylic acid groups (broad SMARTS) is 1. The lowest BCUT2D eigenvalue weighted by molar-refractivity contribution is -0.138. The van der Waals surface area contributed by atoms with Gasteiger partial charge in [-0.05, 0) is 24.6 Å². The predicted octanol–water partition coefficient (Wildman–Crippen LogP) is 2.31. The summed E-state index contributed by atoms with van der Waals surface area (Å²) in [6.45, 7) is 2.77. The summed E-state index contributed by atoms with van der Waals surface area (Å²) in [4.78, 5) is 10.8. The Morgan fingerprint density at radius 2 is 2.29 bits per heavy atom. The standard InChI is InChI=1S/C12H13ClO4/c1-7(12(14)15)8-2-3-11(10(13)4-8)17-9-5-16-6-9/h2-4,7,9H,5-6H2,1H3,(H,14,15). The first-order valence-corrected chi connectivity index (χ1v) is 5.72. The highest BCUT2D eigenvalue weighted by atomic mass is 35.5. The summed E-state index contributed by atoms with van der Waals surface area (Å²) in [5.74, 6) is -0.878. The van der Waals surface area contributed by atoms with E-state index in [0.29, 0.717) is 29.5 Å². The lowest BCUT2D eigenvalue weighted by Crippen LogP contribution is -2.38. The van der Waals surface area contributed by atoms with Crippen LogP contribution in [0.25, 0.3) is 0 Å². The molecule has 2 rings (SSSR count). The fourth-order valence-corrected chi connectivity index (χ4v) is 1.72. The van der Waals surface area contributed by atoms with Gasteiger partial charge in [0.05, 0.1) is 24.2 Å². The van der Waals surface area contributed by atoms with Crippen molar-refractivity contribution in [1.82, 2.24) is 0 Å². The molecule has 1 aliphatic rings. The molecule has 1 unspecified atom stereocenters. The van der Waals surface area contributed by atoms with Gasteiger partial charge in [-0.2, -0.15) is 0 Å². The molecule has 1 aromatic rings. The lowest BCUT2D eigenvalue weighted by Gasteiger charge is -2.27. The maximum absolute atomic E-state index is 10.8. The molecule has 0 aromatic heterocycles. The molecular weight excluding hydrogens is 244 g/mol. The van der Waals surface area contributed by atoms with E-state index < -0.39 is 11.9 Å². The molecule has 0 radical (unpaired) electrons. The number of carbonyl (C=O) groups is 1. The number of carboxylic acids is 1. The molecule has 1 aliphatic heterocycles. The molecule has 1 atom stereocenters. The number of halogens is 1. The van der Waals surface area contributed by atoms with Crippen LogP contribution in [0.3, 0.4) is 0 Å². The van der Waals surface area contributed by atoms with Crippen LogP contribution in [0.1, 0.15) is 18.4 Å². The van der Waals surface area contributed by atoms with Crippen LogP contribution in [0.15, 0.2) is 18.2 Å². The van der Waals surface area contributed by atoms with Crippen molar-refractivity contribution in [2.75, 3.05) is 13.2 Å². The maximum Gasteiger partial charge on any atom is 0.310 e. The van der Waals surface area contributed by atoms with Crippen LogP contribution >= 0.6 is 11.6 Å². The van der Waals surface area contributed by atoms with E-state index in [4.69, 9.17) is 26.2 Å². The van der Waals surface area contributed by atoms with Crippen molar-refractivity contribution < 1.29 is 19.4 Å². The van der Waals surface area contributed by atoms with Gasteiger partial charge in [0.25, 0.3) is 0 Å². The Morgan fingerprint density at radius 1 is 1.59 bits per heavy atom. The number of hydrogen-bond acceptors (Lipinski definition) is 3. The average Bonchev–Trinajstić information content (AvgIpc) is 2.23. The lowest BCUT2D eigenvalue weighted by atomic mass is 10.0. The topological polar surface area (TPSA) is 55.8 Å². The number of ether oxygens (including phenoxy) is 2. The highest BCUT2D eigenvalue weighted by Crippen LogP contribution is 2.30. The molecule has 1 fully saturated rings. The average molecular weight is 257 g/mol. The van der Waals surface area contributed by atoms with Gasteiger partial charge in [0.15, 0.2) is 0 Å². The second-order valence-electron chi connectivity index (χ2n) is 4.03. The van der Waals surface area contributed by atoms with Crippen LogP contribution in [0.4, 0.5) is 0 Å². The Morgan fingerprint density at radius 3 is 2.76 bits per heavy atom. The Balaban J connectivity index is 2.13. The summed E-state index contributed by atoms with van der Waals surface area (Å²) in [5.41, 5.74) is 0.666. The molecule has 0 saturated carbocycles. The highest BCUT2D eigenvalue weighted by molar-refractivity contribution is 6.32. The van der Waals surface area contributed by atoms with Gasteiger partial charge < -0.3 is 14.6 Å². The number of aliphatic carboxylic acids is 1. The minimum absolute atomic E-state index is 0.0512. The summed E-state index contributed by atoms with van der Waals surface area (Å²) < 4.78 is 10.6. The quantitative estimate of drug-likeness (QED) is 0.898. The van der Waals surface area contributed by atoms with Crippen molar-refractivity contribution in [3.8, 4) is 5.75 Å².